The van der Waals surface area contributed by atoms with Crippen LogP contribution in [0, 0.1) is 6.92 Å². The fourth-order valence-electron chi connectivity index (χ4n) is 4.05. The largest absolute Gasteiger partial charge is 0.393 e. The van der Waals surface area contributed by atoms with Crippen LogP contribution in [-0.2, 0) is 21.3 Å². The lowest BCUT2D eigenvalue weighted by molar-refractivity contribution is -0.0775. The minimum atomic E-state index is -3.64. The Kier molecular flexibility index (Phi) is 4.29. The van der Waals surface area contributed by atoms with Crippen molar-refractivity contribution in [3.63, 3.8) is 0 Å². The molecule has 7 nitrogen and oxygen atoms in total. The predicted molar refractivity (Wildman–Crippen MR) is 84.5 cm³/mol. The normalized spacial score (nSPS) is 32.2. The standard InChI is InChI=1S/C15H25N3O4S/c1-4-17-11(2)13(10-16-17)23(20,21)18-8-7-15(22-3)6-5-12(19)9-14(15)18/h10,12,14,19H,4-9H2,1-3H3/t12-,14+,15-/m1/s1. The van der Waals surface area contributed by atoms with Gasteiger partial charge in [-0.25, -0.2) is 8.42 Å². The van der Waals surface area contributed by atoms with Gasteiger partial charge >= 0.3 is 0 Å². The van der Waals surface area contributed by atoms with Gasteiger partial charge in [0.1, 0.15) is 4.90 Å². The number of aromatic nitrogens is 2. The molecule has 0 radical (unpaired) electrons. The molecule has 3 atom stereocenters. The van der Waals surface area contributed by atoms with Crippen molar-refractivity contribution in [2.45, 2.75) is 68.7 Å². The van der Waals surface area contributed by atoms with Crippen molar-refractivity contribution in [2.24, 2.45) is 0 Å². The average molecular weight is 343 g/mol. The van der Waals surface area contributed by atoms with E-state index in [1.165, 1.54) is 10.5 Å². The van der Waals surface area contributed by atoms with Gasteiger partial charge in [-0.05, 0) is 39.5 Å². The number of ether oxygens (including phenoxy) is 1. The van der Waals surface area contributed by atoms with Crippen molar-refractivity contribution < 1.29 is 18.3 Å². The summed E-state index contributed by atoms with van der Waals surface area (Å²) < 4.78 is 35.2. The van der Waals surface area contributed by atoms with E-state index < -0.39 is 21.7 Å². The summed E-state index contributed by atoms with van der Waals surface area (Å²) in [6.45, 7) is 4.76. The van der Waals surface area contributed by atoms with Gasteiger partial charge in [-0.15, -0.1) is 0 Å². The molecule has 1 N–H and O–H groups in total. The van der Waals surface area contributed by atoms with Crippen LogP contribution in [0.25, 0.3) is 0 Å². The van der Waals surface area contributed by atoms with Crippen LogP contribution >= 0.6 is 0 Å². The van der Waals surface area contributed by atoms with Crippen molar-refractivity contribution in [1.29, 1.82) is 0 Å². The summed E-state index contributed by atoms with van der Waals surface area (Å²) in [6, 6.07) is -0.314. The fourth-order valence-corrected chi connectivity index (χ4v) is 5.91. The van der Waals surface area contributed by atoms with E-state index in [-0.39, 0.29) is 10.9 Å². The Bertz CT molecular complexity index is 687. The third-order valence-corrected chi connectivity index (χ3v) is 7.47. The number of aliphatic hydroxyl groups is 1. The number of fused-ring (bicyclic) bond motifs is 1. The molecule has 0 spiro atoms. The Morgan fingerprint density at radius 1 is 1.48 bits per heavy atom. The highest BCUT2D eigenvalue weighted by molar-refractivity contribution is 7.89. The number of aliphatic hydroxyl groups excluding tert-OH is 1. The zero-order chi connectivity index (χ0) is 16.8. The third-order valence-electron chi connectivity index (χ3n) is 5.46. The molecule has 1 aromatic heterocycles. The molecule has 3 rings (SSSR count). The minimum absolute atomic E-state index is 0.256. The highest BCUT2D eigenvalue weighted by atomic mass is 32.2. The number of aryl methyl sites for hydroxylation is 1. The van der Waals surface area contributed by atoms with Crippen LogP contribution in [0.15, 0.2) is 11.1 Å². The van der Waals surface area contributed by atoms with Crippen LogP contribution in [0.4, 0.5) is 0 Å². The van der Waals surface area contributed by atoms with Crippen LogP contribution in [0.5, 0.6) is 0 Å². The summed E-state index contributed by atoms with van der Waals surface area (Å²) in [5.41, 5.74) is 0.180. The van der Waals surface area contributed by atoms with Crippen LogP contribution in [-0.4, -0.2) is 59.0 Å². The van der Waals surface area contributed by atoms with Gasteiger partial charge in [0.2, 0.25) is 10.0 Å². The minimum Gasteiger partial charge on any atom is -0.393 e. The van der Waals surface area contributed by atoms with Crippen molar-refractivity contribution in [2.75, 3.05) is 13.7 Å². The number of sulfonamides is 1. The van der Waals surface area contributed by atoms with Gasteiger partial charge in [-0.2, -0.15) is 9.40 Å². The molecular weight excluding hydrogens is 318 g/mol. The quantitative estimate of drug-likeness (QED) is 0.878. The molecule has 0 aromatic carbocycles. The maximum absolute atomic E-state index is 13.1. The first kappa shape index (κ1) is 16.9. The lowest BCUT2D eigenvalue weighted by Crippen LogP contribution is -2.52. The van der Waals surface area contributed by atoms with E-state index in [0.29, 0.717) is 44.5 Å². The van der Waals surface area contributed by atoms with E-state index >= 15 is 0 Å². The van der Waals surface area contributed by atoms with Gasteiger partial charge in [0.05, 0.1) is 29.6 Å². The summed E-state index contributed by atoms with van der Waals surface area (Å²) in [6.07, 6.45) is 3.40. The molecule has 0 unspecified atom stereocenters. The molecule has 1 aromatic rings. The second kappa shape index (κ2) is 5.84. The monoisotopic (exact) mass is 343 g/mol. The van der Waals surface area contributed by atoms with Gasteiger partial charge in [-0.3, -0.25) is 4.68 Å². The van der Waals surface area contributed by atoms with Crippen LogP contribution < -0.4 is 0 Å². The molecule has 23 heavy (non-hydrogen) atoms. The molecule has 130 valence electrons. The lowest BCUT2D eigenvalue weighted by atomic mass is 9.79. The molecule has 1 aliphatic carbocycles. The SMILES string of the molecule is CCn1ncc(S(=O)(=O)N2CC[C@]3(OC)CC[C@@H](O)C[C@H]23)c1C. The van der Waals surface area contributed by atoms with Crippen LogP contribution in [0.2, 0.25) is 0 Å². The second-order valence-electron chi connectivity index (χ2n) is 6.49. The van der Waals surface area contributed by atoms with Crippen LogP contribution in [0.3, 0.4) is 0 Å². The smallest absolute Gasteiger partial charge is 0.246 e. The topological polar surface area (TPSA) is 84.7 Å². The van der Waals surface area contributed by atoms with Crippen molar-refractivity contribution in [3.05, 3.63) is 11.9 Å². The van der Waals surface area contributed by atoms with Gasteiger partial charge in [0.25, 0.3) is 0 Å². The first-order chi connectivity index (χ1) is 10.9. The van der Waals surface area contributed by atoms with Crippen LogP contribution in [0.1, 0.15) is 38.3 Å². The van der Waals surface area contributed by atoms with E-state index in [2.05, 4.69) is 5.10 Å². The Hall–Kier alpha value is -0.960. The Morgan fingerprint density at radius 2 is 2.22 bits per heavy atom. The number of hydrogen-bond acceptors (Lipinski definition) is 5. The van der Waals surface area contributed by atoms with Crippen molar-refractivity contribution >= 4 is 10.0 Å². The molecule has 1 aliphatic heterocycles. The average Bonchev–Trinajstić information content (AvgIpc) is 3.08. The maximum atomic E-state index is 13.1. The number of rotatable bonds is 4. The zero-order valence-electron chi connectivity index (χ0n) is 13.9. The predicted octanol–water partition coefficient (Wildman–Crippen LogP) is 0.904. The number of nitrogens with zero attached hydrogens (tertiary/aromatic N) is 3. The molecule has 1 saturated heterocycles. The third kappa shape index (κ3) is 2.52. The highest BCUT2D eigenvalue weighted by Crippen LogP contribution is 2.44. The molecule has 0 amide bonds. The molecule has 2 aliphatic rings. The van der Waals surface area contributed by atoms with E-state index in [1.54, 1.807) is 18.7 Å². The molecule has 8 heteroatoms. The van der Waals surface area contributed by atoms with Gasteiger partial charge < -0.3 is 9.84 Å². The second-order valence-corrected chi connectivity index (χ2v) is 8.35. The fraction of sp³-hybridized carbons (Fsp3) is 0.800. The molecular formula is C15H25N3O4S. The number of hydrogen-bond donors (Lipinski definition) is 1. The van der Waals surface area contributed by atoms with E-state index in [4.69, 9.17) is 4.74 Å². The Morgan fingerprint density at radius 3 is 2.83 bits per heavy atom. The molecule has 2 fully saturated rings. The lowest BCUT2D eigenvalue weighted by Gasteiger charge is -2.41. The molecule has 1 saturated carbocycles. The van der Waals surface area contributed by atoms with E-state index in [0.717, 1.165) is 0 Å². The number of methoxy groups -OCH3 is 1. The van der Waals surface area contributed by atoms with Crippen molar-refractivity contribution in [1.82, 2.24) is 14.1 Å². The highest BCUT2D eigenvalue weighted by Gasteiger charge is 2.54. The summed E-state index contributed by atoms with van der Waals surface area (Å²) >= 11 is 0. The Balaban J connectivity index is 1.98. The first-order valence-electron chi connectivity index (χ1n) is 8.13. The van der Waals surface area contributed by atoms with Gasteiger partial charge in [-0.1, -0.05) is 0 Å². The summed E-state index contributed by atoms with van der Waals surface area (Å²) in [4.78, 5) is 0.256. The van der Waals surface area contributed by atoms with Gasteiger partial charge in [0.15, 0.2) is 0 Å². The maximum Gasteiger partial charge on any atom is 0.246 e. The Labute approximate surface area is 137 Å². The summed E-state index contributed by atoms with van der Waals surface area (Å²) in [5.74, 6) is 0. The first-order valence-corrected chi connectivity index (χ1v) is 9.57. The van der Waals surface area contributed by atoms with Gasteiger partial charge in [0, 0.05) is 20.2 Å². The summed E-state index contributed by atoms with van der Waals surface area (Å²) in [5, 5.41) is 14.2. The van der Waals surface area contributed by atoms with Crippen molar-refractivity contribution in [3.8, 4) is 0 Å². The zero-order valence-corrected chi connectivity index (χ0v) is 14.7. The molecule has 2 heterocycles. The van der Waals surface area contributed by atoms with E-state index in [1.807, 2.05) is 6.92 Å². The molecule has 0 bridgehead atoms. The summed E-state index contributed by atoms with van der Waals surface area (Å²) in [7, 11) is -2.00. The van der Waals surface area contributed by atoms with E-state index in [9.17, 15) is 13.5 Å².